The molecule has 6 heteroatoms. The second kappa shape index (κ2) is 5.71. The molecule has 2 aliphatic rings. The lowest BCUT2D eigenvalue weighted by molar-refractivity contribution is -0.123. The summed E-state index contributed by atoms with van der Waals surface area (Å²) in [5.41, 5.74) is 0. The van der Waals surface area contributed by atoms with E-state index < -0.39 is 24.9 Å². The number of hydrogen-bond acceptors (Lipinski definition) is 3. The topological polar surface area (TPSA) is 50.4 Å². The number of amides is 1. The summed E-state index contributed by atoms with van der Waals surface area (Å²) in [5.74, 6) is -2.41. The van der Waals surface area contributed by atoms with Gasteiger partial charge in [0.15, 0.2) is 0 Å². The van der Waals surface area contributed by atoms with Crippen LogP contribution in [-0.2, 0) is 9.53 Å². The van der Waals surface area contributed by atoms with Crippen LogP contribution in [0.15, 0.2) is 0 Å². The number of rotatable bonds is 4. The van der Waals surface area contributed by atoms with E-state index in [-0.39, 0.29) is 17.9 Å². The van der Waals surface area contributed by atoms with Gasteiger partial charge in [0.1, 0.15) is 0 Å². The third-order valence-corrected chi connectivity index (χ3v) is 3.89. The predicted octanol–water partition coefficient (Wildman–Crippen LogP) is 1.16. The van der Waals surface area contributed by atoms with Gasteiger partial charge in [-0.1, -0.05) is 13.8 Å². The Morgan fingerprint density at radius 2 is 2.26 bits per heavy atom. The van der Waals surface area contributed by atoms with Crippen molar-refractivity contribution >= 4 is 5.91 Å². The van der Waals surface area contributed by atoms with E-state index in [1.54, 1.807) is 0 Å². The lowest BCUT2D eigenvalue weighted by Gasteiger charge is -2.22. The predicted molar refractivity (Wildman–Crippen MR) is 67.0 cm³/mol. The largest absolute Gasteiger partial charge is 0.378 e. The zero-order chi connectivity index (χ0) is 14.0. The van der Waals surface area contributed by atoms with Gasteiger partial charge in [0.25, 0.3) is 5.92 Å². The van der Waals surface area contributed by atoms with Crippen LogP contribution in [0.2, 0.25) is 0 Å². The number of ether oxygens (including phenoxy) is 1. The first kappa shape index (κ1) is 14.7. The zero-order valence-electron chi connectivity index (χ0n) is 11.4. The third-order valence-electron chi connectivity index (χ3n) is 3.89. The van der Waals surface area contributed by atoms with E-state index in [1.807, 2.05) is 0 Å². The fraction of sp³-hybridized carbons (Fsp3) is 0.923. The number of halogens is 2. The molecule has 1 amide bonds. The summed E-state index contributed by atoms with van der Waals surface area (Å²) in [7, 11) is 0. The summed E-state index contributed by atoms with van der Waals surface area (Å²) in [6, 6.07) is -0.769. The van der Waals surface area contributed by atoms with Crippen LogP contribution >= 0.6 is 0 Å². The molecule has 0 aromatic carbocycles. The van der Waals surface area contributed by atoms with Crippen molar-refractivity contribution in [3.8, 4) is 0 Å². The van der Waals surface area contributed by atoms with Crippen LogP contribution in [0.4, 0.5) is 8.78 Å². The molecule has 4 nitrogen and oxygen atoms in total. The molecule has 0 bridgehead atoms. The second-order valence-electron chi connectivity index (χ2n) is 5.87. The van der Waals surface area contributed by atoms with E-state index >= 15 is 0 Å². The number of hydrogen-bond donors (Lipinski definition) is 2. The summed E-state index contributed by atoms with van der Waals surface area (Å²) in [6.07, 6.45) is 0.656. The average Bonchev–Trinajstić information content (AvgIpc) is 2.92. The van der Waals surface area contributed by atoms with Crippen LogP contribution in [0.25, 0.3) is 0 Å². The smallest absolute Gasteiger partial charge is 0.262 e. The monoisotopic (exact) mass is 276 g/mol. The number of carbonyl (C=O) groups excluding carboxylic acids is 1. The van der Waals surface area contributed by atoms with Gasteiger partial charge < -0.3 is 10.1 Å². The first-order valence-corrected chi connectivity index (χ1v) is 6.89. The van der Waals surface area contributed by atoms with Crippen LogP contribution in [0.5, 0.6) is 0 Å². The highest BCUT2D eigenvalue weighted by Crippen LogP contribution is 2.27. The van der Waals surface area contributed by atoms with Crippen LogP contribution in [-0.4, -0.2) is 43.7 Å². The summed E-state index contributed by atoms with van der Waals surface area (Å²) in [4.78, 5) is 11.8. The Morgan fingerprint density at radius 3 is 2.84 bits per heavy atom. The molecule has 2 aliphatic heterocycles. The van der Waals surface area contributed by atoms with E-state index in [4.69, 9.17) is 4.74 Å². The lowest BCUT2D eigenvalue weighted by Crippen LogP contribution is -2.43. The molecule has 0 aliphatic carbocycles. The summed E-state index contributed by atoms with van der Waals surface area (Å²) >= 11 is 0. The maximum atomic E-state index is 13.0. The highest BCUT2D eigenvalue weighted by Gasteiger charge is 2.42. The van der Waals surface area contributed by atoms with Crippen LogP contribution in [0.3, 0.4) is 0 Å². The van der Waals surface area contributed by atoms with Crippen molar-refractivity contribution in [1.82, 2.24) is 10.6 Å². The number of alkyl halides is 2. The fourth-order valence-corrected chi connectivity index (χ4v) is 2.87. The molecule has 110 valence electrons. The van der Waals surface area contributed by atoms with Crippen molar-refractivity contribution in [2.45, 2.75) is 44.8 Å². The Kier molecular flexibility index (Phi) is 4.40. The summed E-state index contributed by atoms with van der Waals surface area (Å²) in [6.45, 7) is 4.98. The lowest BCUT2D eigenvalue weighted by atomic mass is 9.93. The molecular formula is C13H22F2N2O2. The van der Waals surface area contributed by atoms with E-state index in [1.165, 1.54) is 0 Å². The van der Waals surface area contributed by atoms with Crippen molar-refractivity contribution in [3.63, 3.8) is 0 Å². The van der Waals surface area contributed by atoms with Gasteiger partial charge in [-0.15, -0.1) is 0 Å². The van der Waals surface area contributed by atoms with Gasteiger partial charge >= 0.3 is 0 Å². The number of nitrogens with one attached hydrogen (secondary N) is 2. The fourth-order valence-electron chi connectivity index (χ4n) is 2.87. The molecule has 2 fully saturated rings. The molecule has 2 saturated heterocycles. The quantitative estimate of drug-likeness (QED) is 0.810. The first-order valence-electron chi connectivity index (χ1n) is 6.89. The van der Waals surface area contributed by atoms with Crippen LogP contribution in [0.1, 0.15) is 26.7 Å². The Bertz CT molecular complexity index is 337. The normalized spacial score (nSPS) is 33.8. The minimum atomic E-state index is -2.76. The molecule has 0 aromatic rings. The summed E-state index contributed by atoms with van der Waals surface area (Å²) < 4.78 is 31.6. The minimum Gasteiger partial charge on any atom is -0.378 e. The van der Waals surface area contributed by atoms with Gasteiger partial charge in [0.2, 0.25) is 5.91 Å². The van der Waals surface area contributed by atoms with Crippen molar-refractivity contribution in [3.05, 3.63) is 0 Å². The zero-order valence-corrected chi connectivity index (χ0v) is 11.4. The van der Waals surface area contributed by atoms with E-state index in [9.17, 15) is 13.6 Å². The van der Waals surface area contributed by atoms with Crippen LogP contribution < -0.4 is 10.6 Å². The molecule has 2 rings (SSSR count). The molecule has 3 atom stereocenters. The standard InChI is InChI=1S/C13H22F2N2O2/c1-8(2)11-9(3-4-19-11)6-16-12(18)10-5-13(14,15)7-17-10/h8-11,17H,3-7H2,1-2H3,(H,16,18). The second-order valence-corrected chi connectivity index (χ2v) is 5.87. The third kappa shape index (κ3) is 3.63. The maximum Gasteiger partial charge on any atom is 0.262 e. The molecular weight excluding hydrogens is 254 g/mol. The molecule has 2 N–H and O–H groups in total. The van der Waals surface area contributed by atoms with Gasteiger partial charge in [0.05, 0.1) is 18.7 Å². The first-order chi connectivity index (χ1) is 8.89. The van der Waals surface area contributed by atoms with Crippen molar-refractivity contribution in [2.24, 2.45) is 11.8 Å². The highest BCUT2D eigenvalue weighted by atomic mass is 19.3. The van der Waals surface area contributed by atoms with Gasteiger partial charge in [-0.3, -0.25) is 10.1 Å². The molecule has 0 aromatic heterocycles. The van der Waals surface area contributed by atoms with Crippen molar-refractivity contribution < 1.29 is 18.3 Å². The molecule has 0 radical (unpaired) electrons. The number of carbonyl (C=O) groups is 1. The summed E-state index contributed by atoms with van der Waals surface area (Å²) in [5, 5.41) is 5.34. The van der Waals surface area contributed by atoms with Crippen molar-refractivity contribution in [1.29, 1.82) is 0 Å². The van der Waals surface area contributed by atoms with Gasteiger partial charge in [-0.05, 0) is 12.3 Å². The Hall–Kier alpha value is -0.750. The van der Waals surface area contributed by atoms with Crippen LogP contribution in [0, 0.1) is 11.8 Å². The van der Waals surface area contributed by atoms with E-state index in [0.717, 1.165) is 6.42 Å². The maximum absolute atomic E-state index is 13.0. The van der Waals surface area contributed by atoms with Crippen molar-refractivity contribution in [2.75, 3.05) is 19.7 Å². The SMILES string of the molecule is CC(C)C1OCCC1CNC(=O)C1CC(F)(F)CN1. The minimum absolute atomic E-state index is 0.151. The average molecular weight is 276 g/mol. The Balaban J connectivity index is 1.78. The van der Waals surface area contributed by atoms with Gasteiger partial charge in [-0.2, -0.15) is 0 Å². The Morgan fingerprint density at radius 1 is 1.53 bits per heavy atom. The highest BCUT2D eigenvalue weighted by molar-refractivity contribution is 5.82. The van der Waals surface area contributed by atoms with Gasteiger partial charge in [0, 0.05) is 25.5 Å². The molecule has 0 spiro atoms. The van der Waals surface area contributed by atoms with E-state index in [0.29, 0.717) is 19.1 Å². The molecule has 2 heterocycles. The molecule has 19 heavy (non-hydrogen) atoms. The Labute approximate surface area is 112 Å². The molecule has 3 unspecified atom stereocenters. The molecule has 0 saturated carbocycles. The van der Waals surface area contributed by atoms with Gasteiger partial charge in [-0.25, -0.2) is 8.78 Å². The van der Waals surface area contributed by atoms with E-state index in [2.05, 4.69) is 24.5 Å².